The van der Waals surface area contributed by atoms with Crippen molar-refractivity contribution in [3.8, 4) is 11.6 Å². The van der Waals surface area contributed by atoms with E-state index in [4.69, 9.17) is 26.3 Å². The van der Waals surface area contributed by atoms with E-state index in [1.54, 1.807) is 29.7 Å². The molecule has 4 heterocycles. The van der Waals surface area contributed by atoms with Crippen LogP contribution < -0.4 is 4.74 Å². The molecule has 0 amide bonds. The van der Waals surface area contributed by atoms with Crippen LogP contribution in [0.25, 0.3) is 10.2 Å². The number of nitrogens with zero attached hydrogens (tertiary/aromatic N) is 4. The third-order valence-electron chi connectivity index (χ3n) is 4.52. The number of fused-ring (bicyclic) bond motifs is 1. The minimum atomic E-state index is 0.442. The van der Waals surface area contributed by atoms with Gasteiger partial charge >= 0.3 is 0 Å². The highest BCUT2D eigenvalue weighted by Gasteiger charge is 2.19. The van der Waals surface area contributed by atoms with E-state index in [9.17, 15) is 0 Å². The Morgan fingerprint density at radius 2 is 2.00 bits per heavy atom. The maximum atomic E-state index is 6.06. The van der Waals surface area contributed by atoms with Crippen LogP contribution in [0.2, 0.25) is 5.15 Å². The quantitative estimate of drug-likeness (QED) is 0.617. The molecule has 0 saturated carbocycles. The first kappa shape index (κ1) is 16.7. The van der Waals surface area contributed by atoms with Gasteiger partial charge in [0, 0.05) is 4.88 Å². The van der Waals surface area contributed by atoms with Crippen molar-refractivity contribution >= 4 is 33.2 Å². The lowest BCUT2D eigenvalue weighted by Gasteiger charge is -2.14. The molecule has 130 valence electrons. The van der Waals surface area contributed by atoms with Crippen LogP contribution in [0.4, 0.5) is 0 Å². The fraction of sp³-hybridized carbons (Fsp3) is 0.389. The largest absolute Gasteiger partial charge is 0.437 e. The van der Waals surface area contributed by atoms with Crippen molar-refractivity contribution in [1.29, 1.82) is 0 Å². The maximum Gasteiger partial charge on any atom is 0.231 e. The van der Waals surface area contributed by atoms with E-state index in [-0.39, 0.29) is 0 Å². The molecule has 0 aromatic carbocycles. The summed E-state index contributed by atoms with van der Waals surface area (Å²) in [5.41, 5.74) is 1.17. The Morgan fingerprint density at radius 1 is 1.20 bits per heavy atom. The Morgan fingerprint density at radius 3 is 2.72 bits per heavy atom. The SMILES string of the molecule is Cc1sc2nc(CN3CCCC3)nc(Oc3ccc(Cl)nc3)c2c1C. The van der Waals surface area contributed by atoms with Gasteiger partial charge in [-0.2, -0.15) is 4.98 Å². The second kappa shape index (κ2) is 6.86. The van der Waals surface area contributed by atoms with Gasteiger partial charge in [0.2, 0.25) is 5.88 Å². The van der Waals surface area contributed by atoms with E-state index in [1.165, 1.54) is 23.3 Å². The summed E-state index contributed by atoms with van der Waals surface area (Å²) < 4.78 is 6.06. The van der Waals surface area contributed by atoms with Crippen LogP contribution in [0, 0.1) is 13.8 Å². The molecule has 1 aliphatic heterocycles. The normalized spacial score (nSPS) is 15.2. The average Bonchev–Trinajstić information content (AvgIpc) is 3.18. The number of halogens is 1. The Labute approximate surface area is 155 Å². The Balaban J connectivity index is 1.74. The fourth-order valence-electron chi connectivity index (χ4n) is 3.07. The summed E-state index contributed by atoms with van der Waals surface area (Å²) in [5, 5.41) is 1.43. The van der Waals surface area contributed by atoms with Crippen LogP contribution in [0.15, 0.2) is 18.3 Å². The summed E-state index contributed by atoms with van der Waals surface area (Å²) in [5.74, 6) is 2.04. The number of pyridine rings is 1. The number of hydrogen-bond acceptors (Lipinski definition) is 6. The molecule has 5 nitrogen and oxygen atoms in total. The lowest BCUT2D eigenvalue weighted by molar-refractivity contribution is 0.321. The second-order valence-electron chi connectivity index (χ2n) is 6.31. The van der Waals surface area contributed by atoms with E-state index < -0.39 is 0 Å². The zero-order valence-electron chi connectivity index (χ0n) is 14.3. The van der Waals surface area contributed by atoms with E-state index in [0.29, 0.717) is 16.8 Å². The average molecular weight is 375 g/mol. The van der Waals surface area contributed by atoms with Crippen LogP contribution in [0.3, 0.4) is 0 Å². The topological polar surface area (TPSA) is 51.1 Å². The molecule has 0 aliphatic carbocycles. The Hall–Kier alpha value is -1.76. The number of aromatic nitrogens is 3. The van der Waals surface area contributed by atoms with Crippen molar-refractivity contribution in [3.63, 3.8) is 0 Å². The molecule has 3 aromatic rings. The van der Waals surface area contributed by atoms with Gasteiger partial charge in [-0.1, -0.05) is 11.6 Å². The van der Waals surface area contributed by atoms with Gasteiger partial charge in [0.15, 0.2) is 0 Å². The summed E-state index contributed by atoms with van der Waals surface area (Å²) in [6.45, 7) is 7.18. The van der Waals surface area contributed by atoms with Gasteiger partial charge in [-0.05, 0) is 57.5 Å². The number of aryl methyl sites for hydroxylation is 2. The highest BCUT2D eigenvalue weighted by Crippen LogP contribution is 2.36. The zero-order valence-corrected chi connectivity index (χ0v) is 15.8. The van der Waals surface area contributed by atoms with Crippen molar-refractivity contribution in [2.45, 2.75) is 33.2 Å². The standard InChI is InChI=1S/C18H19ClN4OS/c1-11-12(2)25-18-16(11)17(24-13-5-6-14(19)20-9-13)21-15(22-18)10-23-7-3-4-8-23/h5-6,9H,3-4,7-8,10H2,1-2H3. The summed E-state index contributed by atoms with van der Waals surface area (Å²) in [6.07, 6.45) is 4.11. The molecule has 4 rings (SSSR count). The maximum absolute atomic E-state index is 6.06. The lowest BCUT2D eigenvalue weighted by Crippen LogP contribution is -2.20. The summed E-state index contributed by atoms with van der Waals surface area (Å²) in [6, 6.07) is 3.52. The second-order valence-corrected chi connectivity index (χ2v) is 7.90. The number of thiophene rings is 1. The Bertz CT molecular complexity index is 904. The van der Waals surface area contributed by atoms with E-state index in [0.717, 1.165) is 35.7 Å². The minimum Gasteiger partial charge on any atom is -0.437 e. The van der Waals surface area contributed by atoms with Crippen LogP contribution in [0.1, 0.15) is 29.1 Å². The predicted molar refractivity (Wildman–Crippen MR) is 101 cm³/mol. The number of hydrogen-bond donors (Lipinski definition) is 0. The first-order valence-corrected chi connectivity index (χ1v) is 9.58. The Kier molecular flexibility index (Phi) is 4.58. The predicted octanol–water partition coefficient (Wildman–Crippen LogP) is 4.74. The monoisotopic (exact) mass is 374 g/mol. The molecular formula is C18H19ClN4OS. The number of ether oxygens (including phenoxy) is 1. The summed E-state index contributed by atoms with van der Waals surface area (Å²) in [7, 11) is 0. The number of likely N-dealkylation sites (tertiary alicyclic amines) is 1. The van der Waals surface area contributed by atoms with Gasteiger partial charge in [-0.15, -0.1) is 11.3 Å². The van der Waals surface area contributed by atoms with Gasteiger partial charge in [0.1, 0.15) is 21.6 Å². The van der Waals surface area contributed by atoms with E-state index in [1.807, 2.05) is 0 Å². The molecule has 3 aromatic heterocycles. The molecule has 0 radical (unpaired) electrons. The van der Waals surface area contributed by atoms with Crippen molar-refractivity contribution in [2.24, 2.45) is 0 Å². The lowest BCUT2D eigenvalue weighted by atomic mass is 10.2. The minimum absolute atomic E-state index is 0.442. The third kappa shape index (κ3) is 3.47. The molecule has 0 bridgehead atoms. The summed E-state index contributed by atoms with van der Waals surface area (Å²) in [4.78, 5) is 18.2. The fourth-order valence-corrected chi connectivity index (χ4v) is 4.22. The smallest absolute Gasteiger partial charge is 0.231 e. The van der Waals surface area contributed by atoms with Crippen molar-refractivity contribution in [3.05, 3.63) is 39.7 Å². The molecule has 1 fully saturated rings. The van der Waals surface area contributed by atoms with Gasteiger partial charge in [0.05, 0.1) is 18.1 Å². The first-order valence-electron chi connectivity index (χ1n) is 8.38. The number of rotatable bonds is 4. The molecular weight excluding hydrogens is 356 g/mol. The van der Waals surface area contributed by atoms with Crippen LogP contribution >= 0.6 is 22.9 Å². The summed E-state index contributed by atoms with van der Waals surface area (Å²) >= 11 is 7.55. The molecule has 25 heavy (non-hydrogen) atoms. The van der Waals surface area contributed by atoms with Gasteiger partial charge in [-0.25, -0.2) is 9.97 Å². The molecule has 1 saturated heterocycles. The van der Waals surface area contributed by atoms with Crippen molar-refractivity contribution in [2.75, 3.05) is 13.1 Å². The molecule has 0 unspecified atom stereocenters. The highest BCUT2D eigenvalue weighted by molar-refractivity contribution is 7.18. The van der Waals surface area contributed by atoms with Gasteiger partial charge in [0.25, 0.3) is 0 Å². The highest BCUT2D eigenvalue weighted by atomic mass is 35.5. The zero-order chi connectivity index (χ0) is 17.4. The molecule has 1 aliphatic rings. The van der Waals surface area contributed by atoms with Crippen LogP contribution in [0.5, 0.6) is 11.6 Å². The van der Waals surface area contributed by atoms with E-state index in [2.05, 4.69) is 23.7 Å². The first-order chi connectivity index (χ1) is 12.1. The molecule has 0 atom stereocenters. The van der Waals surface area contributed by atoms with Crippen LogP contribution in [-0.4, -0.2) is 32.9 Å². The van der Waals surface area contributed by atoms with Crippen molar-refractivity contribution < 1.29 is 4.74 Å². The van der Waals surface area contributed by atoms with Gasteiger partial charge in [-0.3, -0.25) is 4.90 Å². The van der Waals surface area contributed by atoms with Crippen molar-refractivity contribution in [1.82, 2.24) is 19.9 Å². The van der Waals surface area contributed by atoms with Crippen LogP contribution in [-0.2, 0) is 6.54 Å². The third-order valence-corrected chi connectivity index (χ3v) is 5.84. The molecule has 7 heteroatoms. The van der Waals surface area contributed by atoms with Gasteiger partial charge < -0.3 is 4.74 Å². The van der Waals surface area contributed by atoms with E-state index >= 15 is 0 Å². The molecule has 0 N–H and O–H groups in total. The molecule has 0 spiro atoms.